The Morgan fingerprint density at radius 3 is 1.82 bits per heavy atom. The molecule has 0 N–H and O–H groups in total. The number of nitriles is 1. The summed E-state index contributed by atoms with van der Waals surface area (Å²) in [5.41, 5.74) is 3.16. The first kappa shape index (κ1) is 24.9. The van der Waals surface area contributed by atoms with Gasteiger partial charge in [-0.2, -0.15) is 5.26 Å². The number of hydrogen-bond acceptors (Lipinski definition) is 6. The molecule has 2 heterocycles. The van der Waals surface area contributed by atoms with Crippen molar-refractivity contribution in [2.75, 3.05) is 0 Å². The summed E-state index contributed by atoms with van der Waals surface area (Å²) in [7, 11) is -0.445. The fourth-order valence-electron chi connectivity index (χ4n) is 4.59. The van der Waals surface area contributed by atoms with E-state index in [-0.39, 0.29) is 0 Å². The molecule has 6 nitrogen and oxygen atoms in total. The van der Waals surface area contributed by atoms with Gasteiger partial charge in [0, 0.05) is 16.7 Å². The van der Waals surface area contributed by atoms with Gasteiger partial charge in [-0.3, -0.25) is 0 Å². The first-order chi connectivity index (χ1) is 18.7. The summed E-state index contributed by atoms with van der Waals surface area (Å²) >= 11 is 0. The van der Waals surface area contributed by atoms with Gasteiger partial charge in [0.15, 0.2) is 17.5 Å². The Hall–Kier alpha value is -4.38. The third-order valence-electron chi connectivity index (χ3n) is 7.59. The van der Waals surface area contributed by atoms with Crippen molar-refractivity contribution in [2.45, 2.75) is 38.9 Å². The SMILES string of the molecule is CC1(C)OB(c2ccc(-c3nc(-c4cccc(C#N)c4)nc(-c4ccc5ccccc5c4)n3)cc2)OC1(C)C. The highest BCUT2D eigenvalue weighted by molar-refractivity contribution is 6.62. The molecule has 190 valence electrons. The van der Waals surface area contributed by atoms with E-state index in [2.05, 4.69) is 30.3 Å². The fraction of sp³-hybridized carbons (Fsp3) is 0.188. The number of aromatic nitrogens is 3. The first-order valence-corrected chi connectivity index (χ1v) is 12.9. The highest BCUT2D eigenvalue weighted by Gasteiger charge is 2.51. The van der Waals surface area contributed by atoms with Crippen molar-refractivity contribution >= 4 is 23.4 Å². The zero-order valence-electron chi connectivity index (χ0n) is 22.3. The monoisotopic (exact) mass is 510 g/mol. The van der Waals surface area contributed by atoms with Gasteiger partial charge in [-0.25, -0.2) is 15.0 Å². The molecular formula is C32H27BN4O2. The third kappa shape index (κ3) is 4.70. The Balaban J connectivity index is 1.43. The van der Waals surface area contributed by atoms with Crippen molar-refractivity contribution < 1.29 is 9.31 Å². The molecule has 0 radical (unpaired) electrons. The maximum atomic E-state index is 9.43. The lowest BCUT2D eigenvalue weighted by molar-refractivity contribution is 0.00578. The molecule has 6 rings (SSSR count). The van der Waals surface area contributed by atoms with E-state index in [0.717, 1.165) is 32.9 Å². The van der Waals surface area contributed by atoms with Crippen LogP contribution in [0.5, 0.6) is 0 Å². The van der Waals surface area contributed by atoms with Gasteiger partial charge in [0.1, 0.15) is 0 Å². The maximum absolute atomic E-state index is 9.43. The Morgan fingerprint density at radius 2 is 1.18 bits per heavy atom. The molecule has 4 aromatic carbocycles. The molecule has 1 aliphatic heterocycles. The second-order valence-corrected chi connectivity index (χ2v) is 10.8. The van der Waals surface area contributed by atoms with Gasteiger partial charge in [-0.15, -0.1) is 0 Å². The van der Waals surface area contributed by atoms with Crippen LogP contribution >= 0.6 is 0 Å². The number of fused-ring (bicyclic) bond motifs is 1. The summed E-state index contributed by atoms with van der Waals surface area (Å²) in [5.74, 6) is 1.62. The number of benzene rings is 4. The summed E-state index contributed by atoms with van der Waals surface area (Å²) < 4.78 is 12.4. The van der Waals surface area contributed by atoms with Crippen LogP contribution in [0.2, 0.25) is 0 Å². The molecule has 0 unspecified atom stereocenters. The second kappa shape index (κ2) is 9.42. The number of hydrogen-bond donors (Lipinski definition) is 0. The molecule has 1 fully saturated rings. The standard InChI is InChI=1S/C32H27BN4O2/c1-31(2)32(3,4)39-33(38-31)27-16-14-23(15-17-27)28-35-29(25-11-7-8-21(18-25)20-34)37-30(36-28)26-13-12-22-9-5-6-10-24(22)19-26/h5-19H,1-4H3. The van der Waals surface area contributed by atoms with E-state index in [0.29, 0.717) is 23.0 Å². The number of nitrogens with zero attached hydrogens (tertiary/aromatic N) is 4. The normalized spacial score (nSPS) is 15.8. The summed E-state index contributed by atoms with van der Waals surface area (Å²) in [5, 5.41) is 11.7. The summed E-state index contributed by atoms with van der Waals surface area (Å²) in [6.07, 6.45) is 0. The Kier molecular flexibility index (Phi) is 6.03. The summed E-state index contributed by atoms with van der Waals surface area (Å²) in [6, 6.07) is 31.8. The molecule has 1 saturated heterocycles. The molecule has 1 aromatic heterocycles. The molecule has 7 heteroatoms. The largest absolute Gasteiger partial charge is 0.494 e. The zero-order valence-corrected chi connectivity index (χ0v) is 22.3. The lowest BCUT2D eigenvalue weighted by Gasteiger charge is -2.32. The van der Waals surface area contributed by atoms with Crippen LogP contribution in [0, 0.1) is 11.3 Å². The van der Waals surface area contributed by atoms with Gasteiger partial charge in [-0.05, 0) is 62.1 Å². The molecular weight excluding hydrogens is 483 g/mol. The molecule has 39 heavy (non-hydrogen) atoms. The van der Waals surface area contributed by atoms with Gasteiger partial charge in [0.2, 0.25) is 0 Å². The molecule has 0 spiro atoms. The molecule has 5 aromatic rings. The molecule has 0 bridgehead atoms. The van der Waals surface area contributed by atoms with E-state index in [1.807, 2.05) is 82.3 Å². The van der Waals surface area contributed by atoms with E-state index in [1.54, 1.807) is 12.1 Å². The fourth-order valence-corrected chi connectivity index (χ4v) is 4.59. The highest BCUT2D eigenvalue weighted by Crippen LogP contribution is 2.36. The van der Waals surface area contributed by atoms with Gasteiger partial charge in [0.05, 0.1) is 22.8 Å². The van der Waals surface area contributed by atoms with Crippen molar-refractivity contribution in [3.05, 3.63) is 96.6 Å². The minimum atomic E-state index is -0.445. The summed E-state index contributed by atoms with van der Waals surface area (Å²) in [6.45, 7) is 8.18. The zero-order chi connectivity index (χ0) is 27.2. The van der Waals surface area contributed by atoms with Crippen molar-refractivity contribution in [2.24, 2.45) is 0 Å². The topological polar surface area (TPSA) is 80.9 Å². The van der Waals surface area contributed by atoms with Crippen LogP contribution in [0.3, 0.4) is 0 Å². The predicted octanol–water partition coefficient (Wildman–Crippen LogP) is 6.20. The second-order valence-electron chi connectivity index (χ2n) is 10.8. The Bertz CT molecular complexity index is 1730. The minimum Gasteiger partial charge on any atom is -0.399 e. The van der Waals surface area contributed by atoms with Crippen molar-refractivity contribution in [3.63, 3.8) is 0 Å². The van der Waals surface area contributed by atoms with Crippen LogP contribution in [0.25, 0.3) is 44.9 Å². The van der Waals surface area contributed by atoms with Gasteiger partial charge in [0.25, 0.3) is 0 Å². The van der Waals surface area contributed by atoms with Crippen LogP contribution in [-0.4, -0.2) is 33.3 Å². The van der Waals surface area contributed by atoms with Crippen LogP contribution in [0.15, 0.2) is 91.0 Å². The Labute approximate surface area is 228 Å². The van der Waals surface area contributed by atoms with E-state index in [4.69, 9.17) is 24.3 Å². The molecule has 0 atom stereocenters. The average molecular weight is 510 g/mol. The Morgan fingerprint density at radius 1 is 0.615 bits per heavy atom. The van der Waals surface area contributed by atoms with Crippen LogP contribution in [-0.2, 0) is 9.31 Å². The van der Waals surface area contributed by atoms with E-state index < -0.39 is 18.3 Å². The molecule has 0 amide bonds. The first-order valence-electron chi connectivity index (χ1n) is 12.9. The van der Waals surface area contributed by atoms with E-state index in [1.165, 1.54) is 0 Å². The van der Waals surface area contributed by atoms with Gasteiger partial charge < -0.3 is 9.31 Å². The van der Waals surface area contributed by atoms with Crippen LogP contribution < -0.4 is 5.46 Å². The van der Waals surface area contributed by atoms with E-state index >= 15 is 0 Å². The van der Waals surface area contributed by atoms with Crippen LogP contribution in [0.1, 0.15) is 33.3 Å². The van der Waals surface area contributed by atoms with Crippen LogP contribution in [0.4, 0.5) is 0 Å². The lowest BCUT2D eigenvalue weighted by atomic mass is 9.79. The van der Waals surface area contributed by atoms with Gasteiger partial charge >= 0.3 is 7.12 Å². The molecule has 0 aliphatic carbocycles. The highest BCUT2D eigenvalue weighted by atomic mass is 16.7. The van der Waals surface area contributed by atoms with Crippen molar-refractivity contribution in [3.8, 4) is 40.2 Å². The third-order valence-corrected chi connectivity index (χ3v) is 7.59. The minimum absolute atomic E-state index is 0.411. The lowest BCUT2D eigenvalue weighted by Crippen LogP contribution is -2.41. The number of rotatable bonds is 4. The van der Waals surface area contributed by atoms with Crippen molar-refractivity contribution in [1.82, 2.24) is 15.0 Å². The molecule has 0 saturated carbocycles. The van der Waals surface area contributed by atoms with Gasteiger partial charge in [-0.1, -0.05) is 72.8 Å². The van der Waals surface area contributed by atoms with Crippen molar-refractivity contribution in [1.29, 1.82) is 5.26 Å². The van der Waals surface area contributed by atoms with E-state index in [9.17, 15) is 5.26 Å². The quantitative estimate of drug-likeness (QED) is 0.268. The maximum Gasteiger partial charge on any atom is 0.494 e. The smallest absolute Gasteiger partial charge is 0.399 e. The predicted molar refractivity (Wildman–Crippen MR) is 154 cm³/mol. The molecule has 1 aliphatic rings. The summed E-state index contributed by atoms with van der Waals surface area (Å²) in [4.78, 5) is 14.5. The average Bonchev–Trinajstić information content (AvgIpc) is 3.18.